The van der Waals surface area contributed by atoms with Crippen molar-refractivity contribution >= 4 is 15.9 Å². The topological polar surface area (TPSA) is 26.0 Å². The summed E-state index contributed by atoms with van der Waals surface area (Å²) in [5.74, 6) is 1.08. The molecule has 1 nitrogen and oxygen atoms in total. The van der Waals surface area contributed by atoms with Gasteiger partial charge >= 0.3 is 0 Å². The minimum atomic E-state index is -0.202. The predicted molar refractivity (Wildman–Crippen MR) is 76.8 cm³/mol. The molecule has 0 amide bonds. The molecule has 0 radical (unpaired) electrons. The first-order valence-corrected chi connectivity index (χ1v) is 7.61. The maximum Gasteiger partial charge on any atom is 0.123 e. The number of hydrogen-bond acceptors (Lipinski definition) is 1. The van der Waals surface area contributed by atoms with Gasteiger partial charge in [-0.25, -0.2) is 4.39 Å². The van der Waals surface area contributed by atoms with Crippen molar-refractivity contribution in [2.24, 2.45) is 17.6 Å². The highest BCUT2D eigenvalue weighted by molar-refractivity contribution is 9.10. The first kappa shape index (κ1) is 14.0. The Kier molecular flexibility index (Phi) is 4.79. The molecule has 1 aliphatic rings. The lowest BCUT2D eigenvalue weighted by molar-refractivity contribution is 0.230. The zero-order valence-electron chi connectivity index (χ0n) is 10.8. The largest absolute Gasteiger partial charge is 0.324 e. The molecule has 0 aliphatic heterocycles. The van der Waals surface area contributed by atoms with Crippen molar-refractivity contribution in [3.05, 3.63) is 34.1 Å². The third-order valence-corrected chi connectivity index (χ3v) is 4.95. The van der Waals surface area contributed by atoms with E-state index in [2.05, 4.69) is 22.9 Å². The molecule has 2 N–H and O–H groups in total. The van der Waals surface area contributed by atoms with Crippen molar-refractivity contribution in [3.8, 4) is 0 Å². The molecular weight excluding hydrogens is 293 g/mol. The molecule has 1 aromatic carbocycles. The maximum atomic E-state index is 13.3. The molecule has 18 heavy (non-hydrogen) atoms. The molecular formula is C15H21BrFN. The minimum Gasteiger partial charge on any atom is -0.324 e. The Balaban J connectivity index is 2.14. The number of rotatable bonds is 3. The Labute approximate surface area is 117 Å². The van der Waals surface area contributed by atoms with Crippen LogP contribution in [-0.4, -0.2) is 0 Å². The van der Waals surface area contributed by atoms with Crippen LogP contribution in [0.5, 0.6) is 0 Å². The van der Waals surface area contributed by atoms with Crippen molar-refractivity contribution in [2.75, 3.05) is 0 Å². The summed E-state index contributed by atoms with van der Waals surface area (Å²) in [6, 6.07) is 4.75. The van der Waals surface area contributed by atoms with Crippen LogP contribution in [0.3, 0.4) is 0 Å². The molecule has 1 aromatic rings. The summed E-state index contributed by atoms with van der Waals surface area (Å²) < 4.78 is 14.3. The van der Waals surface area contributed by atoms with Crippen molar-refractivity contribution < 1.29 is 4.39 Å². The fourth-order valence-electron chi connectivity index (χ4n) is 3.05. The fraction of sp³-hybridized carbons (Fsp3) is 0.600. The van der Waals surface area contributed by atoms with Gasteiger partial charge in [-0.2, -0.15) is 0 Å². The second-order valence-electron chi connectivity index (χ2n) is 5.39. The van der Waals surface area contributed by atoms with E-state index in [-0.39, 0.29) is 11.9 Å². The standard InChI is InChI=1S/C15H21BrFN/c1-2-10-4-3-5-11(8-10)15(18)13-9-12(17)6-7-14(13)16/h6-7,9-11,15H,2-5,8,18H2,1H3. The van der Waals surface area contributed by atoms with Gasteiger partial charge in [0.2, 0.25) is 0 Å². The lowest BCUT2D eigenvalue weighted by Gasteiger charge is -2.33. The summed E-state index contributed by atoms with van der Waals surface area (Å²) in [5.41, 5.74) is 7.27. The summed E-state index contributed by atoms with van der Waals surface area (Å²) in [7, 11) is 0. The smallest absolute Gasteiger partial charge is 0.123 e. The van der Waals surface area contributed by atoms with Crippen molar-refractivity contribution in [2.45, 2.75) is 45.1 Å². The molecule has 0 aromatic heterocycles. The van der Waals surface area contributed by atoms with Gasteiger partial charge in [0.1, 0.15) is 5.82 Å². The molecule has 0 saturated heterocycles. The van der Waals surface area contributed by atoms with Gasteiger partial charge in [-0.15, -0.1) is 0 Å². The van der Waals surface area contributed by atoms with E-state index < -0.39 is 0 Å². The average Bonchev–Trinajstić information content (AvgIpc) is 2.41. The van der Waals surface area contributed by atoms with Gasteiger partial charge < -0.3 is 5.73 Å². The second kappa shape index (κ2) is 6.16. The van der Waals surface area contributed by atoms with E-state index in [1.807, 2.05) is 0 Å². The lowest BCUT2D eigenvalue weighted by atomic mass is 9.75. The van der Waals surface area contributed by atoms with E-state index in [1.165, 1.54) is 38.2 Å². The fourth-order valence-corrected chi connectivity index (χ4v) is 3.56. The molecule has 3 heteroatoms. The minimum absolute atomic E-state index is 0.0515. The van der Waals surface area contributed by atoms with Crippen LogP contribution in [0.2, 0.25) is 0 Å². The van der Waals surface area contributed by atoms with E-state index in [1.54, 1.807) is 12.1 Å². The average molecular weight is 314 g/mol. The highest BCUT2D eigenvalue weighted by Crippen LogP contribution is 2.39. The molecule has 100 valence electrons. The highest BCUT2D eigenvalue weighted by Gasteiger charge is 2.27. The van der Waals surface area contributed by atoms with Gasteiger partial charge in [-0.3, -0.25) is 0 Å². The zero-order chi connectivity index (χ0) is 13.1. The van der Waals surface area contributed by atoms with Crippen LogP contribution in [-0.2, 0) is 0 Å². The van der Waals surface area contributed by atoms with Crippen LogP contribution in [0.4, 0.5) is 4.39 Å². The highest BCUT2D eigenvalue weighted by atomic mass is 79.9. The zero-order valence-corrected chi connectivity index (χ0v) is 12.4. The molecule has 3 atom stereocenters. The molecule has 1 saturated carbocycles. The molecule has 2 rings (SSSR count). The van der Waals surface area contributed by atoms with Gasteiger partial charge in [-0.1, -0.05) is 42.1 Å². The van der Waals surface area contributed by atoms with Crippen molar-refractivity contribution in [1.82, 2.24) is 0 Å². The summed E-state index contributed by atoms with van der Waals surface area (Å²) in [4.78, 5) is 0. The Bertz CT molecular complexity index is 407. The summed E-state index contributed by atoms with van der Waals surface area (Å²) in [6.07, 6.45) is 6.16. The molecule has 3 unspecified atom stereocenters. The molecule has 0 spiro atoms. The van der Waals surface area contributed by atoms with Crippen LogP contribution in [0.15, 0.2) is 22.7 Å². The van der Waals surface area contributed by atoms with E-state index in [4.69, 9.17) is 5.73 Å². The number of benzene rings is 1. The summed E-state index contributed by atoms with van der Waals surface area (Å²) in [6.45, 7) is 2.25. The van der Waals surface area contributed by atoms with E-state index in [0.29, 0.717) is 5.92 Å². The normalized spacial score (nSPS) is 26.0. The van der Waals surface area contributed by atoms with Gasteiger partial charge in [0.15, 0.2) is 0 Å². The van der Waals surface area contributed by atoms with Crippen LogP contribution in [0.25, 0.3) is 0 Å². The second-order valence-corrected chi connectivity index (χ2v) is 6.25. The van der Waals surface area contributed by atoms with E-state index >= 15 is 0 Å². The quantitative estimate of drug-likeness (QED) is 0.852. The SMILES string of the molecule is CCC1CCCC(C(N)c2cc(F)ccc2Br)C1. The monoisotopic (exact) mass is 313 g/mol. The van der Waals surface area contributed by atoms with Gasteiger partial charge in [-0.05, 0) is 48.4 Å². The number of nitrogens with two attached hydrogens (primary N) is 1. The summed E-state index contributed by atoms with van der Waals surface area (Å²) in [5, 5.41) is 0. The summed E-state index contributed by atoms with van der Waals surface area (Å²) >= 11 is 3.48. The Morgan fingerprint density at radius 2 is 2.22 bits per heavy atom. The molecule has 1 fully saturated rings. The maximum absolute atomic E-state index is 13.3. The Morgan fingerprint density at radius 3 is 2.94 bits per heavy atom. The Morgan fingerprint density at radius 1 is 1.44 bits per heavy atom. The van der Waals surface area contributed by atoms with Gasteiger partial charge in [0.25, 0.3) is 0 Å². The van der Waals surface area contributed by atoms with Crippen LogP contribution in [0, 0.1) is 17.7 Å². The van der Waals surface area contributed by atoms with Crippen LogP contribution in [0.1, 0.15) is 50.6 Å². The van der Waals surface area contributed by atoms with E-state index in [0.717, 1.165) is 16.0 Å². The van der Waals surface area contributed by atoms with E-state index in [9.17, 15) is 4.39 Å². The lowest BCUT2D eigenvalue weighted by Crippen LogP contribution is -2.27. The van der Waals surface area contributed by atoms with Crippen LogP contribution < -0.4 is 5.73 Å². The molecule has 1 aliphatic carbocycles. The first-order chi connectivity index (χ1) is 8.61. The third kappa shape index (κ3) is 3.12. The molecule has 0 bridgehead atoms. The van der Waals surface area contributed by atoms with Crippen LogP contribution >= 0.6 is 15.9 Å². The van der Waals surface area contributed by atoms with Gasteiger partial charge in [0.05, 0.1) is 0 Å². The van der Waals surface area contributed by atoms with Crippen molar-refractivity contribution in [1.29, 1.82) is 0 Å². The number of hydrogen-bond donors (Lipinski definition) is 1. The molecule has 0 heterocycles. The van der Waals surface area contributed by atoms with Crippen molar-refractivity contribution in [3.63, 3.8) is 0 Å². The Hall–Kier alpha value is -0.410. The third-order valence-electron chi connectivity index (χ3n) is 4.23. The predicted octanol–water partition coefficient (Wildman–Crippen LogP) is 4.80. The first-order valence-electron chi connectivity index (χ1n) is 6.82. The number of halogens is 2. The van der Waals surface area contributed by atoms with Gasteiger partial charge in [0, 0.05) is 10.5 Å².